The van der Waals surface area contributed by atoms with Crippen LogP contribution in [0, 0.1) is 5.92 Å². The van der Waals surface area contributed by atoms with Crippen molar-refractivity contribution in [3.63, 3.8) is 0 Å². The summed E-state index contributed by atoms with van der Waals surface area (Å²) < 4.78 is 1.91. The number of aromatic nitrogens is 1. The van der Waals surface area contributed by atoms with Crippen molar-refractivity contribution in [2.45, 2.75) is 39.7 Å². The molecular formula is C13H20N2O3. The molecule has 0 aliphatic rings. The van der Waals surface area contributed by atoms with Crippen LogP contribution in [0.2, 0.25) is 0 Å². The standard InChI is InChI=1S/C13H20N2O3/c1-9(2)8-11-10(13(17)18)5-7-15(11)6-3-4-12(14)16/h5,7,9H,3-4,6,8H2,1-2H3,(H2,14,16)(H,17,18). The van der Waals surface area contributed by atoms with Gasteiger partial charge in [-0.3, -0.25) is 4.79 Å². The average Bonchev–Trinajstić information content (AvgIpc) is 2.60. The molecule has 5 nitrogen and oxygen atoms in total. The van der Waals surface area contributed by atoms with E-state index in [1.54, 1.807) is 12.3 Å². The fourth-order valence-corrected chi connectivity index (χ4v) is 1.95. The predicted molar refractivity (Wildman–Crippen MR) is 68.4 cm³/mol. The van der Waals surface area contributed by atoms with Crippen molar-refractivity contribution in [1.29, 1.82) is 0 Å². The number of amides is 1. The van der Waals surface area contributed by atoms with Crippen LogP contribution in [0.25, 0.3) is 0 Å². The average molecular weight is 252 g/mol. The monoisotopic (exact) mass is 252 g/mol. The molecule has 18 heavy (non-hydrogen) atoms. The first kappa shape index (κ1) is 14.3. The molecule has 5 heteroatoms. The third kappa shape index (κ3) is 3.91. The first-order chi connectivity index (χ1) is 8.41. The molecule has 0 unspecified atom stereocenters. The van der Waals surface area contributed by atoms with E-state index in [4.69, 9.17) is 10.8 Å². The van der Waals surface area contributed by atoms with Gasteiger partial charge in [-0.1, -0.05) is 13.8 Å². The third-order valence-electron chi connectivity index (χ3n) is 2.73. The highest BCUT2D eigenvalue weighted by atomic mass is 16.4. The maximum Gasteiger partial charge on any atom is 0.337 e. The minimum Gasteiger partial charge on any atom is -0.478 e. The zero-order valence-electron chi connectivity index (χ0n) is 10.8. The van der Waals surface area contributed by atoms with Crippen molar-refractivity contribution in [1.82, 2.24) is 4.57 Å². The number of carbonyl (C=O) groups is 2. The molecule has 1 heterocycles. The number of rotatable bonds is 7. The van der Waals surface area contributed by atoms with Gasteiger partial charge in [-0.2, -0.15) is 0 Å². The van der Waals surface area contributed by atoms with Gasteiger partial charge in [-0.05, 0) is 24.8 Å². The van der Waals surface area contributed by atoms with E-state index in [0.717, 1.165) is 5.69 Å². The molecule has 1 rings (SSSR count). The normalized spacial score (nSPS) is 10.8. The Balaban J connectivity index is 2.83. The number of carbonyl (C=O) groups excluding carboxylic acids is 1. The Hall–Kier alpha value is -1.78. The Bertz CT molecular complexity index is 435. The Labute approximate surface area is 107 Å². The van der Waals surface area contributed by atoms with Gasteiger partial charge in [0.25, 0.3) is 0 Å². The highest BCUT2D eigenvalue weighted by Crippen LogP contribution is 2.17. The summed E-state index contributed by atoms with van der Waals surface area (Å²) in [5, 5.41) is 9.12. The van der Waals surface area contributed by atoms with E-state index in [1.807, 2.05) is 18.4 Å². The molecule has 3 N–H and O–H groups in total. The summed E-state index contributed by atoms with van der Waals surface area (Å²) in [5.74, 6) is -0.849. The van der Waals surface area contributed by atoms with Crippen LogP contribution in [-0.4, -0.2) is 21.6 Å². The first-order valence-corrected chi connectivity index (χ1v) is 6.11. The van der Waals surface area contributed by atoms with Gasteiger partial charge in [-0.25, -0.2) is 4.79 Å². The van der Waals surface area contributed by atoms with Gasteiger partial charge in [0.1, 0.15) is 0 Å². The number of carboxylic acids is 1. The van der Waals surface area contributed by atoms with Gasteiger partial charge in [0.05, 0.1) is 5.56 Å². The number of nitrogens with two attached hydrogens (primary N) is 1. The molecule has 0 aromatic carbocycles. The van der Waals surface area contributed by atoms with Gasteiger partial charge in [-0.15, -0.1) is 0 Å². The Morgan fingerprint density at radius 2 is 2.11 bits per heavy atom. The van der Waals surface area contributed by atoms with Gasteiger partial charge >= 0.3 is 5.97 Å². The lowest BCUT2D eigenvalue weighted by molar-refractivity contribution is -0.118. The van der Waals surface area contributed by atoms with Crippen LogP contribution in [0.4, 0.5) is 0 Å². The second-order valence-electron chi connectivity index (χ2n) is 4.84. The fourth-order valence-electron chi connectivity index (χ4n) is 1.95. The van der Waals surface area contributed by atoms with Crippen LogP contribution in [0.1, 0.15) is 42.7 Å². The molecule has 100 valence electrons. The Morgan fingerprint density at radius 1 is 1.44 bits per heavy atom. The van der Waals surface area contributed by atoms with E-state index in [-0.39, 0.29) is 5.91 Å². The lowest BCUT2D eigenvalue weighted by Gasteiger charge is -2.12. The van der Waals surface area contributed by atoms with Crippen molar-refractivity contribution in [3.05, 3.63) is 23.5 Å². The molecule has 0 spiro atoms. The second-order valence-corrected chi connectivity index (χ2v) is 4.84. The molecule has 1 aromatic heterocycles. The van der Waals surface area contributed by atoms with Crippen molar-refractivity contribution in [3.8, 4) is 0 Å². The number of hydrogen-bond acceptors (Lipinski definition) is 2. The number of primary amides is 1. The molecule has 0 bridgehead atoms. The number of aryl methyl sites for hydroxylation is 1. The van der Waals surface area contributed by atoms with Gasteiger partial charge in [0.15, 0.2) is 0 Å². The van der Waals surface area contributed by atoms with E-state index >= 15 is 0 Å². The van der Waals surface area contributed by atoms with Crippen LogP contribution in [-0.2, 0) is 17.8 Å². The third-order valence-corrected chi connectivity index (χ3v) is 2.73. The summed E-state index contributed by atoms with van der Waals surface area (Å²) in [6.45, 7) is 4.72. The van der Waals surface area contributed by atoms with E-state index in [1.165, 1.54) is 0 Å². The molecular weight excluding hydrogens is 232 g/mol. The topological polar surface area (TPSA) is 85.3 Å². The fraction of sp³-hybridized carbons (Fsp3) is 0.538. The van der Waals surface area contributed by atoms with Crippen molar-refractivity contribution in [2.75, 3.05) is 0 Å². The summed E-state index contributed by atoms with van der Waals surface area (Å²) in [4.78, 5) is 21.8. The maximum atomic E-state index is 11.1. The number of hydrogen-bond donors (Lipinski definition) is 2. The molecule has 0 saturated carbocycles. The molecule has 0 atom stereocenters. The molecule has 0 aliphatic carbocycles. The van der Waals surface area contributed by atoms with Gasteiger partial charge < -0.3 is 15.4 Å². The molecule has 0 radical (unpaired) electrons. The largest absolute Gasteiger partial charge is 0.478 e. The predicted octanol–water partition coefficient (Wildman–Crippen LogP) is 1.65. The lowest BCUT2D eigenvalue weighted by atomic mass is 10.0. The van der Waals surface area contributed by atoms with Crippen LogP contribution >= 0.6 is 0 Å². The van der Waals surface area contributed by atoms with E-state index in [9.17, 15) is 9.59 Å². The molecule has 1 aromatic rings. The zero-order chi connectivity index (χ0) is 13.7. The van der Waals surface area contributed by atoms with Gasteiger partial charge in [0.2, 0.25) is 5.91 Å². The summed E-state index contributed by atoms with van der Waals surface area (Å²) in [7, 11) is 0. The minimum atomic E-state index is -0.903. The summed E-state index contributed by atoms with van der Waals surface area (Å²) in [6, 6.07) is 1.62. The SMILES string of the molecule is CC(C)Cc1c(C(=O)O)ccn1CCCC(N)=O. The number of nitrogens with zero attached hydrogens (tertiary/aromatic N) is 1. The van der Waals surface area contributed by atoms with Crippen LogP contribution < -0.4 is 5.73 Å². The van der Waals surface area contributed by atoms with Crippen molar-refractivity contribution < 1.29 is 14.7 Å². The van der Waals surface area contributed by atoms with E-state index < -0.39 is 5.97 Å². The maximum absolute atomic E-state index is 11.1. The number of carboxylic acid groups (broad SMARTS) is 1. The Morgan fingerprint density at radius 3 is 2.61 bits per heavy atom. The van der Waals surface area contributed by atoms with E-state index in [0.29, 0.717) is 37.3 Å². The minimum absolute atomic E-state index is 0.321. The molecule has 0 aliphatic heterocycles. The van der Waals surface area contributed by atoms with Crippen LogP contribution in [0.15, 0.2) is 12.3 Å². The molecule has 0 fully saturated rings. The van der Waals surface area contributed by atoms with Crippen LogP contribution in [0.5, 0.6) is 0 Å². The Kier molecular flexibility index (Phi) is 4.95. The lowest BCUT2D eigenvalue weighted by Crippen LogP contribution is -2.13. The van der Waals surface area contributed by atoms with Crippen molar-refractivity contribution in [2.24, 2.45) is 11.7 Å². The first-order valence-electron chi connectivity index (χ1n) is 6.11. The highest BCUT2D eigenvalue weighted by molar-refractivity contribution is 5.89. The van der Waals surface area contributed by atoms with E-state index in [2.05, 4.69) is 0 Å². The zero-order valence-corrected chi connectivity index (χ0v) is 10.8. The highest BCUT2D eigenvalue weighted by Gasteiger charge is 2.15. The summed E-state index contributed by atoms with van der Waals surface area (Å²) in [5.41, 5.74) is 6.26. The smallest absolute Gasteiger partial charge is 0.337 e. The second kappa shape index (κ2) is 6.23. The summed E-state index contributed by atoms with van der Waals surface area (Å²) >= 11 is 0. The molecule has 1 amide bonds. The van der Waals surface area contributed by atoms with Gasteiger partial charge in [0, 0.05) is 24.9 Å². The van der Waals surface area contributed by atoms with Crippen molar-refractivity contribution >= 4 is 11.9 Å². The quantitative estimate of drug-likeness (QED) is 0.773. The summed E-state index contributed by atoms with van der Waals surface area (Å²) in [6.07, 6.45) is 3.43. The number of aromatic carboxylic acids is 1. The van der Waals surface area contributed by atoms with Crippen LogP contribution in [0.3, 0.4) is 0 Å². The molecule has 0 saturated heterocycles.